The highest BCUT2D eigenvalue weighted by Crippen LogP contribution is 2.67. The van der Waals surface area contributed by atoms with E-state index in [0.717, 1.165) is 35.7 Å². The van der Waals surface area contributed by atoms with Gasteiger partial charge in [-0.3, -0.25) is 4.79 Å². The summed E-state index contributed by atoms with van der Waals surface area (Å²) in [5, 5.41) is 0. The lowest BCUT2D eigenvalue weighted by Crippen LogP contribution is -2.50. The third kappa shape index (κ3) is 3.25. The summed E-state index contributed by atoms with van der Waals surface area (Å²) in [7, 11) is 0. The lowest BCUT2D eigenvalue weighted by molar-refractivity contribution is -0.116. The second kappa shape index (κ2) is 7.44. The van der Waals surface area contributed by atoms with Gasteiger partial charge in [-0.15, -0.1) is 0 Å². The molecule has 0 N–H and O–H groups in total. The van der Waals surface area contributed by atoms with Crippen LogP contribution in [-0.4, -0.2) is 5.78 Å². The van der Waals surface area contributed by atoms with Crippen LogP contribution < -0.4 is 0 Å². The van der Waals surface area contributed by atoms with Crippen LogP contribution in [0.2, 0.25) is 0 Å². The number of hydrogen-bond acceptors (Lipinski definition) is 1. The van der Waals surface area contributed by atoms with Crippen molar-refractivity contribution in [3.05, 3.63) is 23.3 Å². The first-order valence-corrected chi connectivity index (χ1v) is 12.1. The van der Waals surface area contributed by atoms with Crippen LogP contribution in [0.1, 0.15) is 98.8 Å². The van der Waals surface area contributed by atoms with E-state index in [1.807, 2.05) is 25.5 Å². The minimum Gasteiger partial charge on any atom is -0.295 e. The van der Waals surface area contributed by atoms with Crippen molar-refractivity contribution >= 4 is 5.78 Å². The van der Waals surface area contributed by atoms with E-state index in [9.17, 15) is 4.79 Å². The first-order valence-electron chi connectivity index (χ1n) is 12.1. The average molecular weight is 383 g/mol. The molecule has 0 aromatic heterocycles. The van der Waals surface area contributed by atoms with Crippen LogP contribution in [0.3, 0.4) is 0 Å². The second-order valence-electron chi connectivity index (χ2n) is 11.6. The molecule has 0 saturated heterocycles. The number of ketones is 1. The molecule has 0 unspecified atom stereocenters. The maximum Gasteiger partial charge on any atom is 0.155 e. The van der Waals surface area contributed by atoms with Crippen LogP contribution in [0, 0.1) is 40.4 Å². The van der Waals surface area contributed by atoms with E-state index in [1.165, 1.54) is 57.8 Å². The summed E-state index contributed by atoms with van der Waals surface area (Å²) in [5.41, 5.74) is 3.92. The minimum absolute atomic E-state index is 0.341. The molecule has 0 aromatic rings. The molecular weight excluding hydrogens is 340 g/mol. The number of carbonyl (C=O) groups excluding carboxylic acids is 1. The zero-order chi connectivity index (χ0) is 20.1. The van der Waals surface area contributed by atoms with Crippen molar-refractivity contribution in [2.24, 2.45) is 40.4 Å². The normalized spacial score (nSPS) is 43.2. The Labute approximate surface area is 173 Å². The van der Waals surface area contributed by atoms with Crippen molar-refractivity contribution in [2.45, 2.75) is 98.8 Å². The van der Waals surface area contributed by atoms with E-state index in [2.05, 4.69) is 26.8 Å². The molecule has 0 amide bonds. The Kier molecular flexibility index (Phi) is 5.43. The van der Waals surface area contributed by atoms with Crippen molar-refractivity contribution in [2.75, 3.05) is 0 Å². The van der Waals surface area contributed by atoms with Crippen molar-refractivity contribution in [1.29, 1.82) is 0 Å². The Bertz CT molecular complexity index is 680. The van der Waals surface area contributed by atoms with Gasteiger partial charge in [0, 0.05) is 6.42 Å². The topological polar surface area (TPSA) is 17.1 Å². The maximum absolute atomic E-state index is 12.4. The van der Waals surface area contributed by atoms with Gasteiger partial charge in [0.15, 0.2) is 5.78 Å². The molecular formula is C27H42O. The van der Waals surface area contributed by atoms with Crippen molar-refractivity contribution in [3.63, 3.8) is 0 Å². The molecule has 3 fully saturated rings. The Morgan fingerprint density at radius 1 is 1.14 bits per heavy atom. The average Bonchev–Trinajstić information content (AvgIpc) is 2.97. The van der Waals surface area contributed by atoms with Gasteiger partial charge in [-0.25, -0.2) is 0 Å². The molecule has 3 saturated carbocycles. The molecule has 7 atom stereocenters. The lowest BCUT2D eigenvalue weighted by atomic mass is 9.47. The van der Waals surface area contributed by atoms with Gasteiger partial charge < -0.3 is 0 Å². The summed E-state index contributed by atoms with van der Waals surface area (Å²) >= 11 is 0. The number of carbonyl (C=O) groups is 1. The van der Waals surface area contributed by atoms with Crippen LogP contribution >= 0.6 is 0 Å². The van der Waals surface area contributed by atoms with Crippen LogP contribution in [0.5, 0.6) is 0 Å². The minimum atomic E-state index is 0.341. The first kappa shape index (κ1) is 20.4. The Balaban J connectivity index is 1.53. The highest BCUT2D eigenvalue weighted by molar-refractivity contribution is 5.90. The standard InChI is InChI=1S/C27H42O/c1-18(2)16-21(28)17-19(3)23-11-12-24-22-10-9-20-8-6-7-14-26(20,4)25(22)13-15-27(23,24)5/h9,16,19,22-25H,6-8,10-15,17H2,1-5H3/t19-,22+,23-,24+,25+,26+,27-/m1/s1. The van der Waals surface area contributed by atoms with E-state index in [-0.39, 0.29) is 0 Å². The summed E-state index contributed by atoms with van der Waals surface area (Å²) in [5.74, 6) is 4.30. The molecule has 28 heavy (non-hydrogen) atoms. The Morgan fingerprint density at radius 2 is 1.93 bits per heavy atom. The molecule has 1 nitrogen and oxygen atoms in total. The first-order chi connectivity index (χ1) is 13.3. The van der Waals surface area contributed by atoms with Crippen LogP contribution in [-0.2, 0) is 4.79 Å². The molecule has 156 valence electrons. The Hall–Kier alpha value is -0.850. The SMILES string of the molecule is CC(C)=CC(=O)C[C@@H](C)[C@H]1CC[C@H]2[C@@H]3CC=C4CCCC[C@]4(C)[C@H]3CC[C@]12C. The molecule has 0 heterocycles. The number of rotatable bonds is 4. The van der Waals surface area contributed by atoms with Crippen molar-refractivity contribution < 1.29 is 4.79 Å². The Morgan fingerprint density at radius 3 is 2.68 bits per heavy atom. The van der Waals surface area contributed by atoms with E-state index in [1.54, 1.807) is 0 Å². The molecule has 0 aromatic carbocycles. The third-order valence-corrected chi connectivity index (χ3v) is 9.75. The summed E-state index contributed by atoms with van der Waals surface area (Å²) < 4.78 is 0. The van der Waals surface area contributed by atoms with Gasteiger partial charge in [-0.1, -0.05) is 44.4 Å². The largest absolute Gasteiger partial charge is 0.295 e. The maximum atomic E-state index is 12.4. The van der Waals surface area contributed by atoms with Gasteiger partial charge in [0.1, 0.15) is 0 Å². The number of fused-ring (bicyclic) bond motifs is 5. The third-order valence-electron chi connectivity index (χ3n) is 9.75. The number of hydrogen-bond donors (Lipinski definition) is 0. The van der Waals surface area contributed by atoms with E-state index in [4.69, 9.17) is 0 Å². The highest BCUT2D eigenvalue weighted by Gasteiger charge is 2.58. The zero-order valence-electron chi connectivity index (χ0n) is 19.0. The summed E-state index contributed by atoms with van der Waals surface area (Å²) in [6.07, 6.45) is 17.9. The van der Waals surface area contributed by atoms with E-state index >= 15 is 0 Å². The second-order valence-corrected chi connectivity index (χ2v) is 11.6. The zero-order valence-corrected chi connectivity index (χ0v) is 19.0. The van der Waals surface area contributed by atoms with Crippen LogP contribution in [0.4, 0.5) is 0 Å². The van der Waals surface area contributed by atoms with Crippen LogP contribution in [0.25, 0.3) is 0 Å². The molecule has 1 heteroatoms. The molecule has 4 rings (SSSR count). The predicted octanol–water partition coefficient (Wildman–Crippen LogP) is 7.52. The fraction of sp³-hybridized carbons (Fsp3) is 0.815. The summed E-state index contributed by atoms with van der Waals surface area (Å²) in [6.45, 7) is 11.7. The van der Waals surface area contributed by atoms with E-state index < -0.39 is 0 Å². The monoisotopic (exact) mass is 382 g/mol. The molecule has 0 aliphatic heterocycles. The van der Waals surface area contributed by atoms with Crippen molar-refractivity contribution in [3.8, 4) is 0 Å². The van der Waals surface area contributed by atoms with Gasteiger partial charge in [0.25, 0.3) is 0 Å². The van der Waals surface area contributed by atoms with Gasteiger partial charge >= 0.3 is 0 Å². The van der Waals surface area contributed by atoms with Gasteiger partial charge in [0.05, 0.1) is 0 Å². The van der Waals surface area contributed by atoms with Gasteiger partial charge in [0.2, 0.25) is 0 Å². The van der Waals surface area contributed by atoms with Gasteiger partial charge in [-0.05, 0) is 112 Å². The lowest BCUT2D eigenvalue weighted by Gasteiger charge is -2.58. The fourth-order valence-corrected chi connectivity index (χ4v) is 8.51. The molecule has 4 aliphatic carbocycles. The smallest absolute Gasteiger partial charge is 0.155 e. The van der Waals surface area contributed by atoms with Crippen molar-refractivity contribution in [1.82, 2.24) is 0 Å². The van der Waals surface area contributed by atoms with Crippen LogP contribution in [0.15, 0.2) is 23.3 Å². The van der Waals surface area contributed by atoms with E-state index in [0.29, 0.717) is 22.5 Å². The quantitative estimate of drug-likeness (QED) is 0.363. The fourth-order valence-electron chi connectivity index (χ4n) is 8.51. The highest BCUT2D eigenvalue weighted by atomic mass is 16.1. The summed E-state index contributed by atoms with van der Waals surface area (Å²) in [6, 6.07) is 0. The summed E-state index contributed by atoms with van der Waals surface area (Å²) in [4.78, 5) is 12.4. The predicted molar refractivity (Wildman–Crippen MR) is 118 cm³/mol. The molecule has 0 spiro atoms. The number of allylic oxidation sites excluding steroid dienone is 4. The molecule has 0 bridgehead atoms. The molecule has 0 radical (unpaired) electrons. The molecule has 4 aliphatic rings. The van der Waals surface area contributed by atoms with Gasteiger partial charge in [-0.2, -0.15) is 0 Å².